The number of carboxylic acids is 1. The lowest BCUT2D eigenvalue weighted by molar-refractivity contribution is -0.255. The molecule has 0 bridgehead atoms. The molecule has 1 aromatic heterocycles. The van der Waals surface area contributed by atoms with Gasteiger partial charge in [0.1, 0.15) is 5.52 Å². The Balaban J connectivity index is 1.50. The lowest BCUT2D eigenvalue weighted by atomic mass is 10.1. The smallest absolute Gasteiger partial charge is 0.243 e. The number of hydrogen-bond donors (Lipinski definition) is 0. The number of sulfonamides is 1. The SMILES string of the molecule is Cc1ccc2c(c1)nnn2C1CCN(S(=O)(=O)c2ccc(C(=O)[O-])cc2)CC1. The number of fused-ring (bicyclic) bond motifs is 1. The number of hydrogen-bond acceptors (Lipinski definition) is 6. The van der Waals surface area contributed by atoms with Crippen LogP contribution in [0.5, 0.6) is 0 Å². The van der Waals surface area contributed by atoms with E-state index in [9.17, 15) is 18.3 Å². The van der Waals surface area contributed by atoms with Gasteiger partial charge in [-0.2, -0.15) is 4.31 Å². The summed E-state index contributed by atoms with van der Waals surface area (Å²) >= 11 is 0. The predicted molar refractivity (Wildman–Crippen MR) is 100 cm³/mol. The fraction of sp³-hybridized carbons (Fsp3) is 0.316. The van der Waals surface area contributed by atoms with E-state index in [2.05, 4.69) is 10.3 Å². The number of piperidine rings is 1. The molecule has 9 heteroatoms. The summed E-state index contributed by atoms with van der Waals surface area (Å²) in [6.45, 7) is 2.73. The van der Waals surface area contributed by atoms with Crippen LogP contribution in [0, 0.1) is 6.92 Å². The molecule has 0 unspecified atom stereocenters. The van der Waals surface area contributed by atoms with Crippen LogP contribution in [0.2, 0.25) is 0 Å². The van der Waals surface area contributed by atoms with E-state index < -0.39 is 16.0 Å². The van der Waals surface area contributed by atoms with E-state index in [0.717, 1.165) is 16.6 Å². The number of carbonyl (C=O) groups excluding carboxylic acids is 1. The summed E-state index contributed by atoms with van der Waals surface area (Å²) in [6.07, 6.45) is 1.26. The molecule has 0 N–H and O–H groups in total. The number of aromatic nitrogens is 3. The molecule has 1 aliphatic heterocycles. The summed E-state index contributed by atoms with van der Waals surface area (Å²) in [5, 5.41) is 19.3. The zero-order valence-electron chi connectivity index (χ0n) is 15.3. The van der Waals surface area contributed by atoms with Crippen LogP contribution in [0.3, 0.4) is 0 Å². The summed E-state index contributed by atoms with van der Waals surface area (Å²) in [7, 11) is -3.67. The second kappa shape index (κ2) is 6.99. The molecule has 0 amide bonds. The lowest BCUT2D eigenvalue weighted by Gasteiger charge is -2.31. The normalized spacial score (nSPS) is 16.5. The summed E-state index contributed by atoms with van der Waals surface area (Å²) in [5.41, 5.74) is 2.85. The molecule has 2 aromatic carbocycles. The van der Waals surface area contributed by atoms with E-state index in [1.54, 1.807) is 0 Å². The van der Waals surface area contributed by atoms with Gasteiger partial charge in [0, 0.05) is 13.1 Å². The molecule has 146 valence electrons. The summed E-state index contributed by atoms with van der Waals surface area (Å²) in [6, 6.07) is 11.2. The van der Waals surface area contributed by atoms with Gasteiger partial charge in [-0.3, -0.25) is 0 Å². The fourth-order valence-corrected chi connectivity index (χ4v) is 5.03. The van der Waals surface area contributed by atoms with Crippen LogP contribution >= 0.6 is 0 Å². The van der Waals surface area contributed by atoms with Gasteiger partial charge < -0.3 is 9.90 Å². The average molecular weight is 399 g/mol. The highest BCUT2D eigenvalue weighted by Gasteiger charge is 2.31. The maximum atomic E-state index is 12.8. The van der Waals surface area contributed by atoms with Crippen molar-refractivity contribution in [1.82, 2.24) is 19.3 Å². The molecule has 0 aliphatic carbocycles. The number of nitrogens with zero attached hydrogens (tertiary/aromatic N) is 4. The molecule has 1 saturated heterocycles. The molecular weight excluding hydrogens is 380 g/mol. The maximum absolute atomic E-state index is 12.8. The van der Waals surface area contributed by atoms with Gasteiger partial charge in [-0.15, -0.1) is 5.10 Å². The Morgan fingerprint density at radius 3 is 2.43 bits per heavy atom. The number of aromatic carboxylic acids is 1. The zero-order valence-corrected chi connectivity index (χ0v) is 16.1. The van der Waals surface area contributed by atoms with Gasteiger partial charge >= 0.3 is 0 Å². The van der Waals surface area contributed by atoms with Crippen LogP contribution in [0.25, 0.3) is 11.0 Å². The van der Waals surface area contributed by atoms with Crippen molar-refractivity contribution in [2.45, 2.75) is 30.7 Å². The van der Waals surface area contributed by atoms with Crippen molar-refractivity contribution in [2.75, 3.05) is 13.1 Å². The molecule has 0 atom stereocenters. The molecule has 8 nitrogen and oxygen atoms in total. The average Bonchev–Trinajstić information content (AvgIpc) is 3.11. The van der Waals surface area contributed by atoms with E-state index in [0.29, 0.717) is 25.9 Å². The van der Waals surface area contributed by atoms with E-state index in [1.165, 1.54) is 28.6 Å². The minimum atomic E-state index is -3.67. The van der Waals surface area contributed by atoms with Crippen LogP contribution < -0.4 is 5.11 Å². The lowest BCUT2D eigenvalue weighted by Crippen LogP contribution is -2.39. The predicted octanol–water partition coefficient (Wildman–Crippen LogP) is 1.13. The van der Waals surface area contributed by atoms with E-state index in [4.69, 9.17) is 0 Å². The van der Waals surface area contributed by atoms with Crippen LogP contribution in [0.4, 0.5) is 0 Å². The molecule has 1 aliphatic rings. The molecule has 28 heavy (non-hydrogen) atoms. The standard InChI is InChI=1S/C19H20N4O4S/c1-13-2-7-18-17(12-13)20-21-23(18)15-8-10-22(11-9-15)28(26,27)16-5-3-14(4-6-16)19(24)25/h2-7,12,15H,8-11H2,1H3,(H,24,25)/p-1. The molecule has 0 spiro atoms. The molecule has 0 saturated carbocycles. The van der Waals surface area contributed by atoms with E-state index in [-0.39, 0.29) is 16.5 Å². The Kier molecular flexibility index (Phi) is 4.64. The van der Waals surface area contributed by atoms with Gasteiger partial charge in [-0.1, -0.05) is 23.4 Å². The molecule has 2 heterocycles. The topological polar surface area (TPSA) is 108 Å². The number of benzene rings is 2. The maximum Gasteiger partial charge on any atom is 0.243 e. The Hall–Kier alpha value is -2.78. The number of carbonyl (C=O) groups is 1. The van der Waals surface area contributed by atoms with E-state index in [1.807, 2.05) is 29.8 Å². The fourth-order valence-electron chi connectivity index (χ4n) is 3.56. The first-order valence-electron chi connectivity index (χ1n) is 8.99. The van der Waals surface area contributed by atoms with Crippen molar-refractivity contribution < 1.29 is 18.3 Å². The van der Waals surface area contributed by atoms with Gasteiger partial charge in [0.2, 0.25) is 10.0 Å². The van der Waals surface area contributed by atoms with Gasteiger partial charge in [-0.25, -0.2) is 13.1 Å². The van der Waals surface area contributed by atoms with Crippen molar-refractivity contribution in [1.29, 1.82) is 0 Å². The first-order valence-corrected chi connectivity index (χ1v) is 10.4. The van der Waals surface area contributed by atoms with Crippen LogP contribution in [-0.4, -0.2) is 46.8 Å². The second-order valence-corrected chi connectivity index (χ2v) is 8.91. The molecule has 3 aromatic rings. The van der Waals surface area contributed by atoms with Gasteiger partial charge in [0.25, 0.3) is 0 Å². The highest BCUT2D eigenvalue weighted by Crippen LogP contribution is 2.28. The van der Waals surface area contributed by atoms with Crippen molar-refractivity contribution >= 4 is 27.0 Å². The monoisotopic (exact) mass is 399 g/mol. The summed E-state index contributed by atoms with van der Waals surface area (Å²) < 4.78 is 29.0. The zero-order chi connectivity index (χ0) is 19.9. The van der Waals surface area contributed by atoms with Crippen LogP contribution in [0.15, 0.2) is 47.4 Å². The van der Waals surface area contributed by atoms with Crippen LogP contribution in [-0.2, 0) is 10.0 Å². The third-order valence-corrected chi connectivity index (χ3v) is 7.04. The molecule has 4 rings (SSSR count). The summed E-state index contributed by atoms with van der Waals surface area (Å²) in [4.78, 5) is 10.9. The minimum absolute atomic E-state index is 0.0500. The Morgan fingerprint density at radius 1 is 1.11 bits per heavy atom. The molecule has 0 radical (unpaired) electrons. The third kappa shape index (κ3) is 3.27. The third-order valence-electron chi connectivity index (χ3n) is 5.12. The largest absolute Gasteiger partial charge is 0.545 e. The van der Waals surface area contributed by atoms with Gasteiger partial charge in [-0.05, 0) is 55.2 Å². The van der Waals surface area contributed by atoms with Crippen molar-refractivity contribution in [2.24, 2.45) is 0 Å². The quantitative estimate of drug-likeness (QED) is 0.651. The van der Waals surface area contributed by atoms with Gasteiger partial charge in [0.15, 0.2) is 0 Å². The minimum Gasteiger partial charge on any atom is -0.545 e. The Bertz CT molecular complexity index is 1130. The number of carboxylic acid groups (broad SMARTS) is 1. The van der Waals surface area contributed by atoms with Crippen LogP contribution in [0.1, 0.15) is 34.8 Å². The first-order chi connectivity index (χ1) is 13.4. The molecular formula is C19H19N4O4S-. The number of rotatable bonds is 4. The van der Waals surface area contributed by atoms with Crippen molar-refractivity contribution in [3.8, 4) is 0 Å². The Labute approximate surface area is 162 Å². The van der Waals surface area contributed by atoms with E-state index >= 15 is 0 Å². The Morgan fingerprint density at radius 2 is 1.79 bits per heavy atom. The highest BCUT2D eigenvalue weighted by molar-refractivity contribution is 7.89. The molecule has 1 fully saturated rings. The summed E-state index contributed by atoms with van der Waals surface area (Å²) in [5.74, 6) is -1.33. The van der Waals surface area contributed by atoms with Crippen molar-refractivity contribution in [3.63, 3.8) is 0 Å². The van der Waals surface area contributed by atoms with Crippen molar-refractivity contribution in [3.05, 3.63) is 53.6 Å². The highest BCUT2D eigenvalue weighted by atomic mass is 32.2. The number of aryl methyl sites for hydroxylation is 1. The first kappa shape index (κ1) is 18.6. The van der Waals surface area contributed by atoms with Gasteiger partial charge in [0.05, 0.1) is 22.4 Å². The second-order valence-electron chi connectivity index (χ2n) is 6.97.